The van der Waals surface area contributed by atoms with Crippen molar-refractivity contribution in [1.82, 2.24) is 4.90 Å². The molecule has 1 N–H and O–H groups in total. The third-order valence-electron chi connectivity index (χ3n) is 3.29. The molecule has 0 amide bonds. The van der Waals surface area contributed by atoms with Crippen molar-refractivity contribution in [2.24, 2.45) is 0 Å². The van der Waals surface area contributed by atoms with Crippen molar-refractivity contribution < 1.29 is 5.11 Å². The molecule has 1 aliphatic heterocycles. The van der Waals surface area contributed by atoms with Gasteiger partial charge in [-0.2, -0.15) is 0 Å². The van der Waals surface area contributed by atoms with Gasteiger partial charge in [0.15, 0.2) is 0 Å². The highest BCUT2D eigenvalue weighted by Gasteiger charge is 2.27. The van der Waals surface area contributed by atoms with E-state index in [9.17, 15) is 5.11 Å². The summed E-state index contributed by atoms with van der Waals surface area (Å²) in [6.45, 7) is 2.07. The van der Waals surface area contributed by atoms with E-state index in [1.807, 2.05) is 0 Å². The number of hydrogen-bond donors (Lipinski definition) is 1. The van der Waals surface area contributed by atoms with E-state index in [2.05, 4.69) is 4.90 Å². The van der Waals surface area contributed by atoms with Gasteiger partial charge in [-0.1, -0.05) is 19.3 Å². The average molecular weight is 169 g/mol. The van der Waals surface area contributed by atoms with Crippen LogP contribution in [0.2, 0.25) is 0 Å². The topological polar surface area (TPSA) is 23.5 Å². The zero-order valence-corrected chi connectivity index (χ0v) is 7.71. The molecule has 2 fully saturated rings. The Bertz CT molecular complexity index is 140. The summed E-state index contributed by atoms with van der Waals surface area (Å²) >= 11 is 0. The van der Waals surface area contributed by atoms with Crippen LogP contribution < -0.4 is 0 Å². The van der Waals surface area contributed by atoms with Gasteiger partial charge in [-0.3, -0.25) is 4.90 Å². The Morgan fingerprint density at radius 1 is 1.00 bits per heavy atom. The lowest BCUT2D eigenvalue weighted by molar-refractivity contribution is 0.142. The van der Waals surface area contributed by atoms with E-state index in [0.29, 0.717) is 0 Å². The predicted molar refractivity (Wildman–Crippen MR) is 49.1 cm³/mol. The molecule has 1 aliphatic carbocycles. The number of β-amino-alcohol motifs (C(OH)–C–C–N with tert-alkyl or cyclic N) is 1. The third-order valence-corrected chi connectivity index (χ3v) is 3.29. The van der Waals surface area contributed by atoms with Crippen LogP contribution in [0.4, 0.5) is 0 Å². The molecule has 0 aromatic heterocycles. The number of aliphatic hydroxyl groups excluding tert-OH is 1. The summed E-state index contributed by atoms with van der Waals surface area (Å²) in [5.74, 6) is 0. The molecule has 2 aliphatic rings. The Morgan fingerprint density at radius 2 is 1.75 bits per heavy atom. The minimum atomic E-state index is -0.0353. The normalized spacial score (nSPS) is 34.2. The van der Waals surface area contributed by atoms with Crippen molar-refractivity contribution in [3.8, 4) is 0 Å². The summed E-state index contributed by atoms with van der Waals surface area (Å²) in [6, 6.07) is 0.802. The first kappa shape index (κ1) is 8.52. The first-order chi connectivity index (χ1) is 5.86. The minimum absolute atomic E-state index is 0.0353. The Kier molecular flexibility index (Phi) is 2.66. The number of likely N-dealkylation sites (tertiary alicyclic amines) is 1. The Balaban J connectivity index is 1.83. The maximum atomic E-state index is 9.39. The fourth-order valence-corrected chi connectivity index (χ4v) is 2.55. The molecule has 1 atom stereocenters. The summed E-state index contributed by atoms with van der Waals surface area (Å²) in [4.78, 5) is 2.49. The molecule has 12 heavy (non-hydrogen) atoms. The molecule has 0 aromatic carbocycles. The summed E-state index contributed by atoms with van der Waals surface area (Å²) in [6.07, 6.45) is 7.92. The van der Waals surface area contributed by atoms with E-state index < -0.39 is 0 Å². The molecule has 0 bridgehead atoms. The molecule has 1 saturated heterocycles. The van der Waals surface area contributed by atoms with Crippen LogP contribution in [0.1, 0.15) is 38.5 Å². The van der Waals surface area contributed by atoms with Crippen LogP contribution in [0.3, 0.4) is 0 Å². The van der Waals surface area contributed by atoms with Crippen molar-refractivity contribution in [2.45, 2.75) is 50.7 Å². The summed E-state index contributed by atoms with van der Waals surface area (Å²) < 4.78 is 0. The number of aliphatic hydroxyl groups is 1. The van der Waals surface area contributed by atoms with Crippen molar-refractivity contribution >= 4 is 0 Å². The quantitative estimate of drug-likeness (QED) is 0.641. The van der Waals surface area contributed by atoms with E-state index in [1.54, 1.807) is 0 Å². The number of hydrogen-bond acceptors (Lipinski definition) is 2. The first-order valence-corrected chi connectivity index (χ1v) is 5.28. The molecule has 0 spiro atoms. The molecular weight excluding hydrogens is 150 g/mol. The SMILES string of the molecule is O[C@@H]1CCN(C2CCCCC2)C1. The van der Waals surface area contributed by atoms with Crippen LogP contribution in [-0.4, -0.2) is 35.2 Å². The van der Waals surface area contributed by atoms with Gasteiger partial charge in [0.05, 0.1) is 6.10 Å². The van der Waals surface area contributed by atoms with Crippen molar-refractivity contribution in [1.29, 1.82) is 0 Å². The summed E-state index contributed by atoms with van der Waals surface area (Å²) in [7, 11) is 0. The van der Waals surface area contributed by atoms with Crippen LogP contribution >= 0.6 is 0 Å². The van der Waals surface area contributed by atoms with Gasteiger partial charge in [-0.25, -0.2) is 0 Å². The van der Waals surface area contributed by atoms with Crippen molar-refractivity contribution in [2.75, 3.05) is 13.1 Å². The fourth-order valence-electron chi connectivity index (χ4n) is 2.55. The third kappa shape index (κ3) is 1.80. The van der Waals surface area contributed by atoms with Gasteiger partial charge in [0, 0.05) is 19.1 Å². The van der Waals surface area contributed by atoms with E-state index in [1.165, 1.54) is 32.1 Å². The molecule has 70 valence electrons. The van der Waals surface area contributed by atoms with Crippen molar-refractivity contribution in [3.63, 3.8) is 0 Å². The van der Waals surface area contributed by atoms with Gasteiger partial charge in [0.25, 0.3) is 0 Å². The van der Waals surface area contributed by atoms with Crippen LogP contribution in [0.25, 0.3) is 0 Å². The molecule has 0 unspecified atom stereocenters. The molecule has 2 rings (SSSR count). The van der Waals surface area contributed by atoms with Crippen LogP contribution in [0.5, 0.6) is 0 Å². The van der Waals surface area contributed by atoms with E-state index in [-0.39, 0.29) is 6.10 Å². The second-order valence-corrected chi connectivity index (χ2v) is 4.23. The minimum Gasteiger partial charge on any atom is -0.392 e. The van der Waals surface area contributed by atoms with Gasteiger partial charge >= 0.3 is 0 Å². The monoisotopic (exact) mass is 169 g/mol. The van der Waals surface area contributed by atoms with Crippen molar-refractivity contribution in [3.05, 3.63) is 0 Å². The Morgan fingerprint density at radius 3 is 2.33 bits per heavy atom. The smallest absolute Gasteiger partial charge is 0.0679 e. The van der Waals surface area contributed by atoms with Gasteiger partial charge in [-0.15, -0.1) is 0 Å². The summed E-state index contributed by atoms with van der Waals surface area (Å²) in [5.41, 5.74) is 0. The lowest BCUT2D eigenvalue weighted by Gasteiger charge is -2.30. The fraction of sp³-hybridized carbons (Fsp3) is 1.00. The molecule has 1 saturated carbocycles. The maximum absolute atomic E-state index is 9.39. The van der Waals surface area contributed by atoms with Crippen LogP contribution in [-0.2, 0) is 0 Å². The van der Waals surface area contributed by atoms with Gasteiger partial charge in [0.2, 0.25) is 0 Å². The van der Waals surface area contributed by atoms with Gasteiger partial charge < -0.3 is 5.11 Å². The molecule has 0 aromatic rings. The van der Waals surface area contributed by atoms with E-state index >= 15 is 0 Å². The zero-order valence-electron chi connectivity index (χ0n) is 7.71. The van der Waals surface area contributed by atoms with Crippen LogP contribution in [0.15, 0.2) is 0 Å². The summed E-state index contributed by atoms with van der Waals surface area (Å²) in [5, 5.41) is 9.39. The second kappa shape index (κ2) is 3.75. The zero-order chi connectivity index (χ0) is 8.39. The molecule has 2 heteroatoms. The second-order valence-electron chi connectivity index (χ2n) is 4.23. The Labute approximate surface area is 74.6 Å². The molecular formula is C10H19NO. The largest absolute Gasteiger partial charge is 0.392 e. The van der Waals surface area contributed by atoms with Gasteiger partial charge in [-0.05, 0) is 19.3 Å². The van der Waals surface area contributed by atoms with Crippen LogP contribution in [0, 0.1) is 0 Å². The predicted octanol–water partition coefficient (Wildman–Crippen LogP) is 1.39. The lowest BCUT2D eigenvalue weighted by atomic mass is 9.94. The van der Waals surface area contributed by atoms with Gasteiger partial charge in [0.1, 0.15) is 0 Å². The Hall–Kier alpha value is -0.0800. The standard InChI is InChI=1S/C10H19NO/c12-10-6-7-11(8-10)9-4-2-1-3-5-9/h9-10,12H,1-8H2/t10-/m1/s1. The highest BCUT2D eigenvalue weighted by molar-refractivity contribution is 4.82. The number of rotatable bonds is 1. The van der Waals surface area contributed by atoms with E-state index in [4.69, 9.17) is 0 Å². The molecule has 1 heterocycles. The maximum Gasteiger partial charge on any atom is 0.0679 e. The first-order valence-electron chi connectivity index (χ1n) is 5.28. The number of nitrogens with zero attached hydrogens (tertiary/aromatic N) is 1. The average Bonchev–Trinajstić information content (AvgIpc) is 2.54. The lowest BCUT2D eigenvalue weighted by Crippen LogP contribution is -2.35. The highest BCUT2D eigenvalue weighted by atomic mass is 16.3. The molecule has 2 nitrogen and oxygen atoms in total. The molecule has 0 radical (unpaired) electrons. The van der Waals surface area contributed by atoms with E-state index in [0.717, 1.165) is 25.6 Å². The highest BCUT2D eigenvalue weighted by Crippen LogP contribution is 2.25.